The van der Waals surface area contributed by atoms with Crippen LogP contribution in [0, 0.1) is 0 Å². The first-order valence-electron chi connectivity index (χ1n) is 20.7. The highest BCUT2D eigenvalue weighted by Crippen LogP contribution is 2.58. The summed E-state index contributed by atoms with van der Waals surface area (Å²) in [5, 5.41) is 2.42. The lowest BCUT2D eigenvalue weighted by atomic mass is 9.67. The maximum Gasteiger partial charge on any atom is 0.164 e. The van der Waals surface area contributed by atoms with Gasteiger partial charge in [0.1, 0.15) is 5.82 Å². The smallest absolute Gasteiger partial charge is 0.164 e. The third-order valence-corrected chi connectivity index (χ3v) is 12.4. The van der Waals surface area contributed by atoms with Crippen LogP contribution in [0.1, 0.15) is 58.8 Å². The molecule has 1 unspecified atom stereocenters. The fraction of sp³-hybridized carbons (Fsp3) is 0.0893. The SMILES string of the molecule is C1=CC(c2nc(-c3ccccc3)nc(-c3c(-c4cccc5c4-c4ccccc4C5(c4ccccc4)c4ccccc4)ccc4c3=CCCC=4)n2)CC=C1c1ccccc1. The minimum atomic E-state index is -0.501. The number of aromatic nitrogens is 3. The summed E-state index contributed by atoms with van der Waals surface area (Å²) in [6.07, 6.45) is 14.4. The minimum absolute atomic E-state index is 0.00964. The zero-order valence-corrected chi connectivity index (χ0v) is 32.7. The molecule has 11 rings (SSSR count). The van der Waals surface area contributed by atoms with E-state index in [1.54, 1.807) is 0 Å². The second-order valence-corrected chi connectivity index (χ2v) is 15.7. The quantitative estimate of drug-likeness (QED) is 0.163. The molecule has 59 heavy (non-hydrogen) atoms. The zero-order valence-electron chi connectivity index (χ0n) is 32.7. The molecule has 3 aliphatic carbocycles. The van der Waals surface area contributed by atoms with Gasteiger partial charge in [-0.25, -0.2) is 15.0 Å². The molecule has 0 bridgehead atoms. The molecule has 0 N–H and O–H groups in total. The second kappa shape index (κ2) is 14.6. The maximum atomic E-state index is 5.47. The minimum Gasteiger partial charge on any atom is -0.212 e. The van der Waals surface area contributed by atoms with Crippen LogP contribution in [0.2, 0.25) is 0 Å². The zero-order chi connectivity index (χ0) is 39.2. The first-order valence-corrected chi connectivity index (χ1v) is 20.7. The van der Waals surface area contributed by atoms with Crippen LogP contribution in [0.15, 0.2) is 194 Å². The van der Waals surface area contributed by atoms with Gasteiger partial charge in [0, 0.05) is 17.0 Å². The molecule has 8 aromatic rings. The lowest BCUT2D eigenvalue weighted by Crippen LogP contribution is -2.30. The Labute approximate surface area is 345 Å². The largest absolute Gasteiger partial charge is 0.212 e. The Morgan fingerprint density at radius 1 is 0.441 bits per heavy atom. The van der Waals surface area contributed by atoms with Crippen LogP contribution in [-0.2, 0) is 5.41 Å². The monoisotopic (exact) mass is 755 g/mol. The van der Waals surface area contributed by atoms with E-state index >= 15 is 0 Å². The summed E-state index contributed by atoms with van der Waals surface area (Å²) in [6, 6.07) is 63.5. The molecular formula is C56H41N3. The third-order valence-electron chi connectivity index (χ3n) is 12.4. The van der Waals surface area contributed by atoms with Gasteiger partial charge in [-0.3, -0.25) is 0 Å². The highest BCUT2D eigenvalue weighted by Gasteiger charge is 2.47. The molecule has 0 fully saturated rings. The molecule has 280 valence electrons. The van der Waals surface area contributed by atoms with Crippen LogP contribution < -0.4 is 10.4 Å². The van der Waals surface area contributed by atoms with Gasteiger partial charge < -0.3 is 0 Å². The molecule has 1 atom stereocenters. The van der Waals surface area contributed by atoms with Gasteiger partial charge >= 0.3 is 0 Å². The predicted octanol–water partition coefficient (Wildman–Crippen LogP) is 11.7. The van der Waals surface area contributed by atoms with Gasteiger partial charge in [0.25, 0.3) is 0 Å². The Morgan fingerprint density at radius 2 is 1.03 bits per heavy atom. The van der Waals surface area contributed by atoms with E-state index in [9.17, 15) is 0 Å². The second-order valence-electron chi connectivity index (χ2n) is 15.7. The molecule has 0 spiro atoms. The summed E-state index contributed by atoms with van der Waals surface area (Å²) < 4.78 is 0. The number of fused-ring (bicyclic) bond motifs is 4. The molecule has 1 heterocycles. The number of benzene rings is 7. The molecular weight excluding hydrogens is 715 g/mol. The third kappa shape index (κ3) is 5.84. The van der Waals surface area contributed by atoms with Crippen molar-refractivity contribution >= 4 is 17.7 Å². The molecule has 3 aliphatic rings. The molecule has 0 saturated carbocycles. The van der Waals surface area contributed by atoms with Crippen molar-refractivity contribution in [2.75, 3.05) is 0 Å². The van der Waals surface area contributed by atoms with E-state index in [1.165, 1.54) is 60.5 Å². The predicted molar refractivity (Wildman–Crippen MR) is 242 cm³/mol. The summed E-state index contributed by atoms with van der Waals surface area (Å²) in [5.41, 5.74) is 13.9. The van der Waals surface area contributed by atoms with Gasteiger partial charge in [-0.1, -0.05) is 206 Å². The van der Waals surface area contributed by atoms with Crippen molar-refractivity contribution in [3.8, 4) is 45.0 Å². The number of hydrogen-bond donors (Lipinski definition) is 0. The van der Waals surface area contributed by atoms with Crippen LogP contribution in [-0.4, -0.2) is 15.0 Å². The Hall–Kier alpha value is -7.23. The molecule has 3 heteroatoms. The van der Waals surface area contributed by atoms with E-state index in [4.69, 9.17) is 15.0 Å². The first kappa shape index (κ1) is 35.0. The van der Waals surface area contributed by atoms with Crippen LogP contribution >= 0.6 is 0 Å². The van der Waals surface area contributed by atoms with Gasteiger partial charge in [0.05, 0.1) is 5.41 Å². The van der Waals surface area contributed by atoms with Crippen LogP contribution in [0.4, 0.5) is 0 Å². The number of hydrogen-bond acceptors (Lipinski definition) is 3. The number of nitrogens with zero attached hydrogens (tertiary/aromatic N) is 3. The van der Waals surface area contributed by atoms with Gasteiger partial charge in [-0.05, 0) is 85.3 Å². The molecule has 3 nitrogen and oxygen atoms in total. The Balaban J connectivity index is 1.16. The lowest BCUT2D eigenvalue weighted by Gasteiger charge is -2.34. The van der Waals surface area contributed by atoms with E-state index in [1.807, 2.05) is 6.07 Å². The van der Waals surface area contributed by atoms with Crippen molar-refractivity contribution in [1.82, 2.24) is 15.0 Å². The first-order chi connectivity index (χ1) is 29.3. The highest BCUT2D eigenvalue weighted by molar-refractivity contribution is 5.98. The van der Waals surface area contributed by atoms with Gasteiger partial charge in [0.15, 0.2) is 11.6 Å². The van der Waals surface area contributed by atoms with Gasteiger partial charge in [0.2, 0.25) is 0 Å². The average Bonchev–Trinajstić information content (AvgIpc) is 3.63. The summed E-state index contributed by atoms with van der Waals surface area (Å²) in [5.74, 6) is 2.19. The van der Waals surface area contributed by atoms with Crippen molar-refractivity contribution in [3.63, 3.8) is 0 Å². The van der Waals surface area contributed by atoms with Crippen molar-refractivity contribution in [2.45, 2.75) is 30.6 Å². The van der Waals surface area contributed by atoms with Crippen molar-refractivity contribution in [2.24, 2.45) is 0 Å². The van der Waals surface area contributed by atoms with E-state index in [2.05, 4.69) is 200 Å². The standard InChI is InChI=1S/C56H41N3/c1-5-18-38(19-6-1)39-32-34-42(35-33-39)54-57-53(41-21-7-2-8-22-41)58-55(59-54)52-45-27-14-13-20-40(45)36-37-47(52)46-29-17-31-50-51(46)48-28-15-16-30-49(48)56(50,43-23-9-3-10-24-43)44-25-11-4-12-26-44/h1-12,15-34,36-37,42H,13-14,35H2. The van der Waals surface area contributed by atoms with Crippen molar-refractivity contribution in [3.05, 3.63) is 238 Å². The van der Waals surface area contributed by atoms with Gasteiger partial charge in [-0.15, -0.1) is 0 Å². The molecule has 1 aromatic heterocycles. The Bertz CT molecular complexity index is 3020. The molecule has 0 radical (unpaired) electrons. The normalized spacial score (nSPS) is 15.9. The van der Waals surface area contributed by atoms with Crippen molar-refractivity contribution in [1.29, 1.82) is 0 Å². The summed E-state index contributed by atoms with van der Waals surface area (Å²) in [7, 11) is 0. The number of rotatable bonds is 7. The van der Waals surface area contributed by atoms with Gasteiger partial charge in [-0.2, -0.15) is 0 Å². The fourth-order valence-electron chi connectivity index (χ4n) is 9.73. The van der Waals surface area contributed by atoms with Crippen LogP contribution in [0.25, 0.3) is 62.8 Å². The maximum absolute atomic E-state index is 5.47. The lowest BCUT2D eigenvalue weighted by molar-refractivity contribution is 0.766. The van der Waals surface area contributed by atoms with E-state index in [0.29, 0.717) is 11.6 Å². The summed E-state index contributed by atoms with van der Waals surface area (Å²) in [4.78, 5) is 16.1. The highest BCUT2D eigenvalue weighted by atomic mass is 15.0. The molecule has 0 aliphatic heterocycles. The summed E-state index contributed by atoms with van der Waals surface area (Å²) >= 11 is 0. The van der Waals surface area contributed by atoms with Crippen LogP contribution in [0.3, 0.4) is 0 Å². The summed E-state index contributed by atoms with van der Waals surface area (Å²) in [6.45, 7) is 0. The Kier molecular flexibility index (Phi) is 8.66. The van der Waals surface area contributed by atoms with Crippen LogP contribution in [0.5, 0.6) is 0 Å². The molecule has 0 saturated heterocycles. The van der Waals surface area contributed by atoms with Crippen molar-refractivity contribution < 1.29 is 0 Å². The van der Waals surface area contributed by atoms with E-state index in [0.717, 1.165) is 41.8 Å². The van der Waals surface area contributed by atoms with E-state index < -0.39 is 5.41 Å². The average molecular weight is 756 g/mol. The fourth-order valence-corrected chi connectivity index (χ4v) is 9.73. The van der Waals surface area contributed by atoms with E-state index in [-0.39, 0.29) is 5.92 Å². The molecule has 7 aromatic carbocycles. The topological polar surface area (TPSA) is 38.7 Å². The number of allylic oxidation sites excluding steroid dienone is 4. The Morgan fingerprint density at radius 3 is 1.75 bits per heavy atom. The molecule has 0 amide bonds.